The lowest BCUT2D eigenvalue weighted by molar-refractivity contribution is -0.118. The van der Waals surface area contributed by atoms with Crippen molar-refractivity contribution in [3.8, 4) is 11.5 Å². The summed E-state index contributed by atoms with van der Waals surface area (Å²) in [4.78, 5) is 14.2. The third-order valence-corrected chi connectivity index (χ3v) is 6.54. The Bertz CT molecular complexity index is 975. The minimum absolute atomic E-state index is 0.0472. The van der Waals surface area contributed by atoms with Crippen molar-refractivity contribution in [2.75, 3.05) is 12.1 Å². The van der Waals surface area contributed by atoms with E-state index in [1.54, 1.807) is 0 Å². The van der Waals surface area contributed by atoms with Gasteiger partial charge in [0.2, 0.25) is 6.79 Å². The minimum atomic E-state index is -0.168. The number of hydrogen-bond acceptors (Lipinski definition) is 5. The minimum Gasteiger partial charge on any atom is -0.454 e. The average molecular weight is 388 g/mol. The second-order valence-corrected chi connectivity index (χ2v) is 9.54. The van der Waals surface area contributed by atoms with Crippen LogP contribution in [0, 0.1) is 5.41 Å². The molecule has 0 bridgehead atoms. The van der Waals surface area contributed by atoms with E-state index in [1.165, 1.54) is 11.3 Å². The van der Waals surface area contributed by atoms with Crippen LogP contribution < -0.4 is 14.8 Å². The Morgan fingerprint density at radius 2 is 2.04 bits per heavy atom. The van der Waals surface area contributed by atoms with Crippen LogP contribution in [0.3, 0.4) is 0 Å². The highest BCUT2D eigenvalue weighted by molar-refractivity contribution is 7.16. The number of rotatable bonds is 1. The Balaban J connectivity index is 1.76. The highest BCUT2D eigenvalue weighted by atomic mass is 35.5. The van der Waals surface area contributed by atoms with E-state index in [4.69, 9.17) is 21.1 Å². The Morgan fingerprint density at radius 3 is 2.81 bits per heavy atom. The monoisotopic (exact) mass is 387 g/mol. The number of carbonyl (C=O) groups is 1. The number of carbonyl (C=O) groups excluding carboxylic acids is 1. The maximum Gasteiger partial charge on any atom is 0.231 e. The Morgan fingerprint density at radius 1 is 1.19 bits per heavy atom. The number of hydrogen-bond donors (Lipinski definition) is 1. The predicted molar refractivity (Wildman–Crippen MR) is 102 cm³/mol. The fourth-order valence-electron chi connectivity index (χ4n) is 4.25. The summed E-state index contributed by atoms with van der Waals surface area (Å²) in [6.07, 6.45) is 1.39. The number of fused-ring (bicyclic) bond motifs is 3. The first kappa shape index (κ1) is 16.2. The predicted octanol–water partition coefficient (Wildman–Crippen LogP) is 5.33. The number of Topliss-reactive ketones (excluding diaryl/α,β-unsaturated/α-hetero) is 1. The number of thiophene rings is 1. The lowest BCUT2D eigenvalue weighted by Gasteiger charge is -2.39. The Kier molecular flexibility index (Phi) is 3.43. The van der Waals surface area contributed by atoms with Crippen LogP contribution in [-0.2, 0) is 4.79 Å². The number of nitrogens with one attached hydrogen (secondary N) is 1. The van der Waals surface area contributed by atoms with Gasteiger partial charge in [-0.25, -0.2) is 0 Å². The van der Waals surface area contributed by atoms with Gasteiger partial charge in [0, 0.05) is 33.8 Å². The van der Waals surface area contributed by atoms with Crippen LogP contribution in [0.2, 0.25) is 4.34 Å². The molecule has 1 atom stereocenters. The van der Waals surface area contributed by atoms with Crippen LogP contribution >= 0.6 is 22.9 Å². The highest BCUT2D eigenvalue weighted by Crippen LogP contribution is 2.55. The summed E-state index contributed by atoms with van der Waals surface area (Å²) in [5.41, 5.74) is 3.78. The second-order valence-electron chi connectivity index (χ2n) is 7.79. The number of benzene rings is 1. The van der Waals surface area contributed by atoms with E-state index in [-0.39, 0.29) is 23.9 Å². The van der Waals surface area contributed by atoms with Crippen molar-refractivity contribution < 1.29 is 14.3 Å². The van der Waals surface area contributed by atoms with Gasteiger partial charge in [0.05, 0.1) is 10.3 Å². The average Bonchev–Trinajstić information content (AvgIpc) is 3.20. The highest BCUT2D eigenvalue weighted by Gasteiger charge is 2.43. The summed E-state index contributed by atoms with van der Waals surface area (Å²) >= 11 is 7.74. The van der Waals surface area contributed by atoms with Gasteiger partial charge in [0.25, 0.3) is 0 Å². The van der Waals surface area contributed by atoms with Gasteiger partial charge in [0.1, 0.15) is 0 Å². The molecule has 26 heavy (non-hydrogen) atoms. The van der Waals surface area contributed by atoms with Crippen molar-refractivity contribution in [1.82, 2.24) is 0 Å². The number of ether oxygens (including phenoxy) is 2. The summed E-state index contributed by atoms with van der Waals surface area (Å²) in [6.45, 7) is 4.49. The number of halogens is 1. The molecule has 6 heteroatoms. The van der Waals surface area contributed by atoms with Gasteiger partial charge >= 0.3 is 0 Å². The molecule has 4 nitrogen and oxygen atoms in total. The Labute approximate surface area is 160 Å². The van der Waals surface area contributed by atoms with E-state index < -0.39 is 0 Å². The zero-order valence-electron chi connectivity index (χ0n) is 14.5. The summed E-state index contributed by atoms with van der Waals surface area (Å²) in [6, 6.07) is 7.84. The van der Waals surface area contributed by atoms with E-state index in [0.717, 1.165) is 49.7 Å². The van der Waals surface area contributed by atoms with E-state index in [0.29, 0.717) is 6.42 Å². The van der Waals surface area contributed by atoms with Crippen LogP contribution in [-0.4, -0.2) is 12.6 Å². The fourth-order valence-corrected chi connectivity index (χ4v) is 5.43. The van der Waals surface area contributed by atoms with Gasteiger partial charge in [-0.05, 0) is 36.1 Å². The van der Waals surface area contributed by atoms with Crippen molar-refractivity contribution >= 4 is 34.4 Å². The number of anilines is 1. The fraction of sp³-hybridized carbons (Fsp3) is 0.350. The molecule has 1 aliphatic carbocycles. The molecule has 1 N–H and O–H groups in total. The molecule has 134 valence electrons. The third-order valence-electron chi connectivity index (χ3n) is 5.24. The molecule has 2 aromatic rings. The van der Waals surface area contributed by atoms with Crippen LogP contribution in [0.1, 0.15) is 43.0 Å². The molecule has 0 saturated heterocycles. The second kappa shape index (κ2) is 5.51. The van der Waals surface area contributed by atoms with Crippen molar-refractivity contribution in [2.24, 2.45) is 5.41 Å². The van der Waals surface area contributed by atoms with Crippen molar-refractivity contribution in [3.05, 3.63) is 50.3 Å². The maximum atomic E-state index is 13.1. The molecule has 0 spiro atoms. The van der Waals surface area contributed by atoms with Crippen LogP contribution in [0.15, 0.2) is 35.5 Å². The molecule has 1 aromatic carbocycles. The SMILES string of the molecule is CC1(C)CC(=O)C2=C(C1)Nc1ccc3c(c1C2c1ccc(Cl)s1)OCO3. The molecule has 3 heterocycles. The summed E-state index contributed by atoms with van der Waals surface area (Å²) in [7, 11) is 0. The molecular weight excluding hydrogens is 370 g/mol. The lowest BCUT2D eigenvalue weighted by atomic mass is 9.70. The molecule has 1 aromatic heterocycles. The molecule has 5 rings (SSSR count). The number of allylic oxidation sites excluding steroid dienone is 2. The first-order valence-electron chi connectivity index (χ1n) is 8.64. The first-order chi connectivity index (χ1) is 12.4. The summed E-state index contributed by atoms with van der Waals surface area (Å²) < 4.78 is 12.1. The van der Waals surface area contributed by atoms with Crippen molar-refractivity contribution in [2.45, 2.75) is 32.6 Å². The molecule has 3 aliphatic rings. The van der Waals surface area contributed by atoms with Gasteiger partial charge in [-0.3, -0.25) is 4.79 Å². The van der Waals surface area contributed by atoms with E-state index in [9.17, 15) is 4.79 Å². The lowest BCUT2D eigenvalue weighted by Crippen LogP contribution is -2.33. The molecule has 2 aliphatic heterocycles. The molecular formula is C20H18ClNO3S. The van der Waals surface area contributed by atoms with Crippen LogP contribution in [0.4, 0.5) is 5.69 Å². The van der Waals surface area contributed by atoms with Gasteiger partial charge in [-0.2, -0.15) is 0 Å². The quantitative estimate of drug-likeness (QED) is 0.718. The van der Waals surface area contributed by atoms with Gasteiger partial charge in [0.15, 0.2) is 17.3 Å². The maximum absolute atomic E-state index is 13.1. The van der Waals surface area contributed by atoms with Gasteiger partial charge < -0.3 is 14.8 Å². The number of ketones is 1. The van der Waals surface area contributed by atoms with E-state index in [1.807, 2.05) is 24.3 Å². The smallest absolute Gasteiger partial charge is 0.231 e. The van der Waals surface area contributed by atoms with Crippen LogP contribution in [0.25, 0.3) is 0 Å². The summed E-state index contributed by atoms with van der Waals surface area (Å²) in [5, 5.41) is 3.52. The van der Waals surface area contributed by atoms with E-state index in [2.05, 4.69) is 19.2 Å². The first-order valence-corrected chi connectivity index (χ1v) is 9.83. The molecule has 0 saturated carbocycles. The zero-order chi connectivity index (χ0) is 18.1. The largest absolute Gasteiger partial charge is 0.454 e. The summed E-state index contributed by atoms with van der Waals surface area (Å²) in [5.74, 6) is 1.49. The zero-order valence-corrected chi connectivity index (χ0v) is 16.1. The molecule has 0 fully saturated rings. The standard InChI is InChI=1S/C20H18ClNO3S/c1-20(2)7-11-16(12(23)8-20)18(14-5-6-15(21)26-14)17-10(22-11)3-4-13-19(17)25-9-24-13/h3-6,18,22H,7-9H2,1-2H3. The third kappa shape index (κ3) is 2.37. The molecule has 1 unspecified atom stereocenters. The van der Waals surface area contributed by atoms with Crippen molar-refractivity contribution in [3.63, 3.8) is 0 Å². The van der Waals surface area contributed by atoms with Crippen LogP contribution in [0.5, 0.6) is 11.5 Å². The van der Waals surface area contributed by atoms with Crippen molar-refractivity contribution in [1.29, 1.82) is 0 Å². The molecule has 0 amide bonds. The van der Waals surface area contributed by atoms with Gasteiger partial charge in [-0.15, -0.1) is 11.3 Å². The Hall–Kier alpha value is -1.98. The molecule has 0 radical (unpaired) electrons. The van der Waals surface area contributed by atoms with E-state index >= 15 is 0 Å². The normalized spacial score (nSPS) is 22.7. The van der Waals surface area contributed by atoms with Gasteiger partial charge in [-0.1, -0.05) is 25.4 Å². The topological polar surface area (TPSA) is 47.6 Å².